The molecule has 0 radical (unpaired) electrons. The second-order valence-corrected chi connectivity index (χ2v) is 5.86. The number of hydrogen-bond acceptors (Lipinski definition) is 1. The van der Waals surface area contributed by atoms with Gasteiger partial charge >= 0.3 is 0 Å². The molecule has 2 N–H and O–H groups in total. The molecule has 0 bridgehead atoms. The molecule has 0 spiro atoms. The molecule has 0 amide bonds. The molecule has 1 aromatic rings. The lowest BCUT2D eigenvalue weighted by Crippen LogP contribution is -2.26. The lowest BCUT2D eigenvalue weighted by atomic mass is 9.83. The van der Waals surface area contributed by atoms with E-state index in [2.05, 4.69) is 0 Å². The van der Waals surface area contributed by atoms with Crippen LogP contribution in [0, 0.1) is 5.41 Å². The van der Waals surface area contributed by atoms with Gasteiger partial charge in [0, 0.05) is 11.1 Å². The van der Waals surface area contributed by atoms with Crippen LogP contribution in [0.4, 0.5) is 0 Å². The quantitative estimate of drug-likeness (QED) is 0.733. The minimum absolute atomic E-state index is 0.0857. The zero-order chi connectivity index (χ0) is 11.8. The molecule has 1 rings (SSSR count). The number of nitrogens with two attached hydrogens (primary N) is 1. The van der Waals surface area contributed by atoms with Crippen molar-refractivity contribution in [1.82, 2.24) is 0 Å². The summed E-state index contributed by atoms with van der Waals surface area (Å²) < 4.78 is 0. The Labute approximate surface area is 106 Å². The standard InChI is InChI=1S/C11H14Cl3N/c1-11(2,3)10(15)7-4-6(12)5-8(13)9(7)14/h4-5,10H,15H2,1-3H3/t10-/m0/s1. The highest BCUT2D eigenvalue weighted by molar-refractivity contribution is 6.43. The van der Waals surface area contributed by atoms with Crippen molar-refractivity contribution in [2.45, 2.75) is 26.8 Å². The summed E-state index contributed by atoms with van der Waals surface area (Å²) in [5, 5.41) is 1.49. The molecule has 1 nitrogen and oxygen atoms in total. The Bertz CT molecular complexity index is 369. The molecule has 0 saturated heterocycles. The molecular weight excluding hydrogens is 252 g/mol. The second-order valence-electron chi connectivity index (χ2n) is 4.63. The normalized spacial score (nSPS) is 14.1. The van der Waals surface area contributed by atoms with E-state index in [0.29, 0.717) is 15.1 Å². The Morgan fingerprint density at radius 2 is 1.67 bits per heavy atom. The third kappa shape index (κ3) is 3.01. The topological polar surface area (TPSA) is 26.0 Å². The van der Waals surface area contributed by atoms with Crippen LogP contribution in [-0.2, 0) is 0 Å². The Balaban J connectivity index is 3.25. The lowest BCUT2D eigenvalue weighted by molar-refractivity contribution is 0.327. The van der Waals surface area contributed by atoms with Gasteiger partial charge in [-0.3, -0.25) is 0 Å². The average Bonchev–Trinajstić information content (AvgIpc) is 2.08. The number of rotatable bonds is 1. The van der Waals surface area contributed by atoms with E-state index in [1.54, 1.807) is 12.1 Å². The summed E-state index contributed by atoms with van der Waals surface area (Å²) in [5.41, 5.74) is 6.82. The van der Waals surface area contributed by atoms with Crippen molar-refractivity contribution < 1.29 is 0 Å². The van der Waals surface area contributed by atoms with E-state index in [-0.39, 0.29) is 11.5 Å². The summed E-state index contributed by atoms with van der Waals surface area (Å²) in [7, 11) is 0. The van der Waals surface area contributed by atoms with Gasteiger partial charge in [-0.1, -0.05) is 55.6 Å². The van der Waals surface area contributed by atoms with E-state index in [1.807, 2.05) is 20.8 Å². The Kier molecular flexibility index (Phi) is 3.94. The van der Waals surface area contributed by atoms with Crippen LogP contribution >= 0.6 is 34.8 Å². The van der Waals surface area contributed by atoms with Crippen molar-refractivity contribution in [3.05, 3.63) is 32.8 Å². The van der Waals surface area contributed by atoms with Gasteiger partial charge in [-0.05, 0) is 23.1 Å². The molecule has 1 aromatic carbocycles. The molecule has 0 aliphatic rings. The second kappa shape index (κ2) is 4.50. The van der Waals surface area contributed by atoms with Crippen LogP contribution in [0.1, 0.15) is 32.4 Å². The third-order valence-electron chi connectivity index (χ3n) is 2.29. The summed E-state index contributed by atoms with van der Waals surface area (Å²) in [4.78, 5) is 0. The number of hydrogen-bond donors (Lipinski definition) is 1. The molecule has 1 atom stereocenters. The van der Waals surface area contributed by atoms with Crippen LogP contribution in [0.25, 0.3) is 0 Å². The summed E-state index contributed by atoms with van der Waals surface area (Å²) >= 11 is 18.0. The molecule has 15 heavy (non-hydrogen) atoms. The van der Waals surface area contributed by atoms with Crippen molar-refractivity contribution in [3.8, 4) is 0 Å². The predicted molar refractivity (Wildman–Crippen MR) is 67.9 cm³/mol. The fourth-order valence-electron chi connectivity index (χ4n) is 1.27. The minimum atomic E-state index is -0.193. The van der Waals surface area contributed by atoms with Crippen molar-refractivity contribution in [1.29, 1.82) is 0 Å². The zero-order valence-electron chi connectivity index (χ0n) is 8.94. The zero-order valence-corrected chi connectivity index (χ0v) is 11.2. The van der Waals surface area contributed by atoms with Crippen LogP contribution < -0.4 is 5.73 Å². The van der Waals surface area contributed by atoms with Gasteiger partial charge in [-0.2, -0.15) is 0 Å². The Morgan fingerprint density at radius 1 is 1.13 bits per heavy atom. The van der Waals surface area contributed by atoms with Crippen molar-refractivity contribution in [2.75, 3.05) is 0 Å². The van der Waals surface area contributed by atoms with Gasteiger partial charge < -0.3 is 5.73 Å². The maximum atomic E-state index is 6.11. The first-order valence-electron chi connectivity index (χ1n) is 4.63. The van der Waals surface area contributed by atoms with Gasteiger partial charge in [0.05, 0.1) is 10.0 Å². The molecule has 84 valence electrons. The van der Waals surface area contributed by atoms with E-state index in [0.717, 1.165) is 5.56 Å². The maximum absolute atomic E-state index is 6.11. The van der Waals surface area contributed by atoms with E-state index in [9.17, 15) is 0 Å². The first-order valence-corrected chi connectivity index (χ1v) is 5.77. The van der Waals surface area contributed by atoms with Crippen LogP contribution in [0.3, 0.4) is 0 Å². The lowest BCUT2D eigenvalue weighted by Gasteiger charge is -2.28. The fourth-order valence-corrected chi connectivity index (χ4v) is 2.00. The van der Waals surface area contributed by atoms with Crippen LogP contribution in [0.2, 0.25) is 15.1 Å². The molecule has 0 saturated carbocycles. The maximum Gasteiger partial charge on any atom is 0.0641 e. The molecule has 0 heterocycles. The average molecular weight is 267 g/mol. The van der Waals surface area contributed by atoms with Crippen LogP contribution in [0.5, 0.6) is 0 Å². The molecule has 0 unspecified atom stereocenters. The Hall–Kier alpha value is 0.0500. The third-order valence-corrected chi connectivity index (χ3v) is 3.32. The highest BCUT2D eigenvalue weighted by atomic mass is 35.5. The van der Waals surface area contributed by atoms with Gasteiger partial charge in [0.1, 0.15) is 0 Å². The van der Waals surface area contributed by atoms with E-state index in [1.165, 1.54) is 0 Å². The first-order chi connectivity index (χ1) is 6.73. The highest BCUT2D eigenvalue weighted by Gasteiger charge is 2.25. The predicted octanol–water partition coefficient (Wildman–Crippen LogP) is 4.69. The number of benzene rings is 1. The van der Waals surface area contributed by atoms with Crippen molar-refractivity contribution in [2.24, 2.45) is 11.1 Å². The summed E-state index contributed by atoms with van der Waals surface area (Å²) in [6, 6.07) is 3.19. The van der Waals surface area contributed by atoms with Crippen LogP contribution in [0.15, 0.2) is 12.1 Å². The van der Waals surface area contributed by atoms with Crippen molar-refractivity contribution >= 4 is 34.8 Å². The molecule has 0 aliphatic heterocycles. The highest BCUT2D eigenvalue weighted by Crippen LogP contribution is 2.38. The van der Waals surface area contributed by atoms with Gasteiger partial charge in [0.25, 0.3) is 0 Å². The Morgan fingerprint density at radius 3 is 2.13 bits per heavy atom. The SMILES string of the molecule is CC(C)(C)[C@@H](N)c1cc(Cl)cc(Cl)c1Cl. The van der Waals surface area contributed by atoms with E-state index in [4.69, 9.17) is 40.5 Å². The summed E-state index contributed by atoms with van der Waals surface area (Å²) in [6.45, 7) is 6.13. The number of halogens is 3. The van der Waals surface area contributed by atoms with Crippen molar-refractivity contribution in [3.63, 3.8) is 0 Å². The first kappa shape index (κ1) is 13.1. The molecule has 0 aliphatic carbocycles. The van der Waals surface area contributed by atoms with E-state index >= 15 is 0 Å². The molecular formula is C11H14Cl3N. The van der Waals surface area contributed by atoms with Gasteiger partial charge in [0.2, 0.25) is 0 Å². The fraction of sp³-hybridized carbons (Fsp3) is 0.455. The smallest absolute Gasteiger partial charge is 0.0641 e. The largest absolute Gasteiger partial charge is 0.323 e. The summed E-state index contributed by atoms with van der Waals surface area (Å²) in [6.07, 6.45) is 0. The van der Waals surface area contributed by atoms with Gasteiger partial charge in [-0.15, -0.1) is 0 Å². The van der Waals surface area contributed by atoms with Crippen LogP contribution in [-0.4, -0.2) is 0 Å². The van der Waals surface area contributed by atoms with Gasteiger partial charge in [-0.25, -0.2) is 0 Å². The van der Waals surface area contributed by atoms with Gasteiger partial charge in [0.15, 0.2) is 0 Å². The summed E-state index contributed by atoms with van der Waals surface area (Å²) in [5.74, 6) is 0. The minimum Gasteiger partial charge on any atom is -0.323 e. The molecule has 4 heteroatoms. The molecule has 0 fully saturated rings. The van der Waals surface area contributed by atoms with E-state index < -0.39 is 0 Å². The molecule has 0 aromatic heterocycles. The monoisotopic (exact) mass is 265 g/mol.